The Bertz CT molecular complexity index is 835. The summed E-state index contributed by atoms with van der Waals surface area (Å²) in [6.07, 6.45) is 0. The Kier molecular flexibility index (Phi) is 2.92. The zero-order chi connectivity index (χ0) is 13.6. The standard InChI is InChI=1S/C14H10ClFN2S/c1-8-4-2-7-11-13(8)17-14(19)18(11)10-6-3-5-9(15)12(10)16/h2-7H,1H3,(H,17,19). The van der Waals surface area contributed by atoms with Crippen LogP contribution in [0.4, 0.5) is 4.39 Å². The van der Waals surface area contributed by atoms with E-state index in [2.05, 4.69) is 4.98 Å². The van der Waals surface area contributed by atoms with Crippen molar-refractivity contribution in [2.45, 2.75) is 6.92 Å². The summed E-state index contributed by atoms with van der Waals surface area (Å²) in [4.78, 5) is 3.11. The number of para-hydroxylation sites is 1. The average molecular weight is 293 g/mol. The van der Waals surface area contributed by atoms with Gasteiger partial charge in [0.15, 0.2) is 10.6 Å². The predicted molar refractivity (Wildman–Crippen MR) is 78.2 cm³/mol. The fourth-order valence-corrected chi connectivity index (χ4v) is 2.65. The lowest BCUT2D eigenvalue weighted by atomic mass is 10.2. The molecule has 19 heavy (non-hydrogen) atoms. The Morgan fingerprint density at radius 1 is 1.21 bits per heavy atom. The maximum atomic E-state index is 14.2. The molecule has 0 amide bonds. The van der Waals surface area contributed by atoms with Gasteiger partial charge < -0.3 is 4.98 Å². The molecule has 1 N–H and O–H groups in total. The summed E-state index contributed by atoms with van der Waals surface area (Å²) in [7, 11) is 0. The van der Waals surface area contributed by atoms with Gasteiger partial charge >= 0.3 is 0 Å². The molecule has 1 aromatic heterocycles. The first kappa shape index (κ1) is 12.4. The second kappa shape index (κ2) is 4.47. The highest BCUT2D eigenvalue weighted by Crippen LogP contribution is 2.26. The molecule has 0 spiro atoms. The molecule has 0 aliphatic carbocycles. The number of hydrogen-bond donors (Lipinski definition) is 1. The van der Waals surface area contributed by atoms with Gasteiger partial charge in [-0.1, -0.05) is 29.8 Å². The molecule has 3 rings (SSSR count). The van der Waals surface area contributed by atoms with Crippen molar-refractivity contribution < 1.29 is 4.39 Å². The Balaban J connectivity index is 2.44. The number of aromatic nitrogens is 2. The fourth-order valence-electron chi connectivity index (χ4n) is 2.18. The summed E-state index contributed by atoms with van der Waals surface area (Å²) in [5.41, 5.74) is 3.16. The van der Waals surface area contributed by atoms with Gasteiger partial charge in [-0.25, -0.2) is 4.39 Å². The SMILES string of the molecule is Cc1cccc2c1[nH]c(=S)n2-c1cccc(Cl)c1F. The van der Waals surface area contributed by atoms with Crippen molar-refractivity contribution in [1.29, 1.82) is 0 Å². The molecular formula is C14H10ClFN2S. The maximum absolute atomic E-state index is 14.2. The molecule has 1 heterocycles. The Hall–Kier alpha value is -1.65. The van der Waals surface area contributed by atoms with Gasteiger partial charge in [0.05, 0.1) is 21.7 Å². The van der Waals surface area contributed by atoms with Crippen LogP contribution in [-0.4, -0.2) is 9.55 Å². The second-order valence-electron chi connectivity index (χ2n) is 4.31. The van der Waals surface area contributed by atoms with Crippen LogP contribution in [-0.2, 0) is 0 Å². The van der Waals surface area contributed by atoms with Gasteiger partial charge in [-0.2, -0.15) is 0 Å². The highest BCUT2D eigenvalue weighted by Gasteiger charge is 2.13. The van der Waals surface area contributed by atoms with E-state index in [4.69, 9.17) is 23.8 Å². The summed E-state index contributed by atoms with van der Waals surface area (Å²) in [5, 5.41) is 0.0846. The Morgan fingerprint density at radius 2 is 1.95 bits per heavy atom. The zero-order valence-corrected chi connectivity index (χ0v) is 11.6. The Labute approximate surface area is 119 Å². The molecule has 0 fully saturated rings. The molecule has 0 radical (unpaired) electrons. The zero-order valence-electron chi connectivity index (χ0n) is 10.1. The second-order valence-corrected chi connectivity index (χ2v) is 5.10. The molecular weight excluding hydrogens is 283 g/mol. The normalized spacial score (nSPS) is 11.1. The van der Waals surface area contributed by atoms with Gasteiger partial charge in [0.25, 0.3) is 0 Å². The van der Waals surface area contributed by atoms with E-state index in [0.29, 0.717) is 10.5 Å². The first-order valence-corrected chi connectivity index (χ1v) is 6.53. The first-order valence-electron chi connectivity index (χ1n) is 5.74. The number of halogens is 2. The highest BCUT2D eigenvalue weighted by atomic mass is 35.5. The lowest BCUT2D eigenvalue weighted by molar-refractivity contribution is 0.619. The van der Waals surface area contributed by atoms with Crippen molar-refractivity contribution in [1.82, 2.24) is 9.55 Å². The molecule has 5 heteroatoms. The number of H-pyrrole nitrogens is 1. The number of nitrogens with one attached hydrogen (secondary N) is 1. The molecule has 0 atom stereocenters. The van der Waals surface area contributed by atoms with Crippen LogP contribution < -0.4 is 0 Å². The molecule has 2 aromatic carbocycles. The molecule has 0 unspecified atom stereocenters. The Morgan fingerprint density at radius 3 is 2.74 bits per heavy atom. The predicted octanol–water partition coefficient (Wildman–Crippen LogP) is 4.79. The van der Waals surface area contributed by atoms with E-state index < -0.39 is 5.82 Å². The van der Waals surface area contributed by atoms with E-state index >= 15 is 0 Å². The third-order valence-electron chi connectivity index (χ3n) is 3.10. The maximum Gasteiger partial charge on any atom is 0.182 e. The van der Waals surface area contributed by atoms with Crippen molar-refractivity contribution in [2.24, 2.45) is 0 Å². The van der Waals surface area contributed by atoms with Gasteiger partial charge in [0.1, 0.15) is 0 Å². The third-order valence-corrected chi connectivity index (χ3v) is 3.68. The van der Waals surface area contributed by atoms with E-state index in [-0.39, 0.29) is 5.02 Å². The molecule has 96 valence electrons. The topological polar surface area (TPSA) is 20.7 Å². The lowest BCUT2D eigenvalue weighted by Gasteiger charge is -2.07. The van der Waals surface area contributed by atoms with Gasteiger partial charge in [0.2, 0.25) is 0 Å². The van der Waals surface area contributed by atoms with Gasteiger partial charge in [-0.15, -0.1) is 0 Å². The number of benzene rings is 2. The quantitative estimate of drug-likeness (QED) is 0.640. The van der Waals surface area contributed by atoms with Gasteiger partial charge in [0, 0.05) is 0 Å². The molecule has 0 bridgehead atoms. The van der Waals surface area contributed by atoms with E-state index in [1.807, 2.05) is 25.1 Å². The summed E-state index contributed by atoms with van der Waals surface area (Å²) in [5.74, 6) is -0.470. The molecule has 0 aliphatic heterocycles. The van der Waals surface area contributed by atoms with Crippen LogP contribution in [0.1, 0.15) is 5.56 Å². The van der Waals surface area contributed by atoms with Crippen LogP contribution in [0.2, 0.25) is 5.02 Å². The minimum absolute atomic E-state index is 0.0846. The van der Waals surface area contributed by atoms with Crippen molar-refractivity contribution in [3.05, 3.63) is 57.6 Å². The molecule has 0 aliphatic rings. The van der Waals surface area contributed by atoms with Gasteiger partial charge in [-0.3, -0.25) is 4.57 Å². The van der Waals surface area contributed by atoms with Crippen molar-refractivity contribution in [3.8, 4) is 5.69 Å². The van der Waals surface area contributed by atoms with Crippen molar-refractivity contribution in [2.75, 3.05) is 0 Å². The van der Waals surface area contributed by atoms with Crippen molar-refractivity contribution in [3.63, 3.8) is 0 Å². The van der Waals surface area contributed by atoms with E-state index in [0.717, 1.165) is 16.6 Å². The number of aromatic amines is 1. The van der Waals surface area contributed by atoms with Crippen LogP contribution in [0.5, 0.6) is 0 Å². The average Bonchev–Trinajstić information content (AvgIpc) is 2.71. The highest BCUT2D eigenvalue weighted by molar-refractivity contribution is 7.71. The van der Waals surface area contributed by atoms with Crippen LogP contribution in [0.3, 0.4) is 0 Å². The number of fused-ring (bicyclic) bond motifs is 1. The summed E-state index contributed by atoms with van der Waals surface area (Å²) in [6, 6.07) is 10.7. The number of aryl methyl sites for hydroxylation is 1. The summed E-state index contributed by atoms with van der Waals surface area (Å²) < 4.78 is 16.3. The number of rotatable bonds is 1. The summed E-state index contributed by atoms with van der Waals surface area (Å²) in [6.45, 7) is 1.98. The van der Waals surface area contributed by atoms with Crippen LogP contribution in [0, 0.1) is 17.5 Å². The van der Waals surface area contributed by atoms with E-state index in [9.17, 15) is 4.39 Å². The fraction of sp³-hybridized carbons (Fsp3) is 0.0714. The number of nitrogens with zero attached hydrogens (tertiary/aromatic N) is 1. The molecule has 2 nitrogen and oxygen atoms in total. The minimum Gasteiger partial charge on any atom is -0.330 e. The number of imidazole rings is 1. The first-order chi connectivity index (χ1) is 9.09. The molecule has 3 aromatic rings. The summed E-state index contributed by atoms with van der Waals surface area (Å²) >= 11 is 11.1. The molecule has 0 saturated carbocycles. The lowest BCUT2D eigenvalue weighted by Crippen LogP contribution is -1.98. The van der Waals surface area contributed by atoms with Gasteiger partial charge in [-0.05, 0) is 42.9 Å². The van der Waals surface area contributed by atoms with Crippen LogP contribution in [0.25, 0.3) is 16.7 Å². The minimum atomic E-state index is -0.470. The largest absolute Gasteiger partial charge is 0.330 e. The van der Waals surface area contributed by atoms with Crippen LogP contribution in [0.15, 0.2) is 36.4 Å². The van der Waals surface area contributed by atoms with Crippen molar-refractivity contribution >= 4 is 34.9 Å². The monoisotopic (exact) mass is 292 g/mol. The third kappa shape index (κ3) is 1.88. The smallest absolute Gasteiger partial charge is 0.182 e. The number of hydrogen-bond acceptors (Lipinski definition) is 1. The van der Waals surface area contributed by atoms with Crippen LogP contribution >= 0.6 is 23.8 Å². The van der Waals surface area contributed by atoms with E-state index in [1.54, 1.807) is 16.7 Å². The van der Waals surface area contributed by atoms with E-state index in [1.165, 1.54) is 6.07 Å². The molecule has 0 saturated heterocycles.